The van der Waals surface area contributed by atoms with E-state index in [2.05, 4.69) is 34.0 Å². The first-order valence-corrected chi connectivity index (χ1v) is 6.90. The van der Waals surface area contributed by atoms with Crippen molar-refractivity contribution < 1.29 is 0 Å². The van der Waals surface area contributed by atoms with E-state index >= 15 is 0 Å². The topological polar surface area (TPSA) is 12.9 Å². The Hall–Kier alpha value is -1.64. The fraction of sp³-hybridized carbons (Fsp3) is 0. The molecule has 1 nitrogen and oxygen atoms in total. The zero-order valence-electron chi connectivity index (χ0n) is 9.51. The summed E-state index contributed by atoms with van der Waals surface area (Å²) < 4.78 is 0. The van der Waals surface area contributed by atoms with Crippen LogP contribution >= 0.6 is 22.9 Å². The third-order valence-electron chi connectivity index (χ3n) is 2.67. The monoisotopic (exact) mass is 271 g/mol. The highest BCUT2D eigenvalue weighted by Crippen LogP contribution is 2.19. The van der Waals surface area contributed by atoms with Gasteiger partial charge in [-0.25, -0.2) is 4.98 Å². The molecule has 0 radical (unpaired) electrons. The van der Waals surface area contributed by atoms with Crippen LogP contribution in [-0.4, -0.2) is 4.98 Å². The second-order valence-corrected chi connectivity index (χ2v) is 5.18. The normalized spacial score (nSPS) is 11.4. The van der Waals surface area contributed by atoms with Gasteiger partial charge in [0.15, 0.2) is 0 Å². The van der Waals surface area contributed by atoms with Crippen molar-refractivity contribution in [3.05, 3.63) is 63.4 Å². The van der Waals surface area contributed by atoms with Gasteiger partial charge in [0.1, 0.15) is 0 Å². The van der Waals surface area contributed by atoms with Crippen molar-refractivity contribution in [1.82, 2.24) is 4.98 Å². The number of rotatable bonds is 2. The molecule has 2 aromatic heterocycles. The zero-order chi connectivity index (χ0) is 12.4. The van der Waals surface area contributed by atoms with Gasteiger partial charge in [-0.1, -0.05) is 29.8 Å². The van der Waals surface area contributed by atoms with Gasteiger partial charge < -0.3 is 0 Å². The van der Waals surface area contributed by atoms with Crippen LogP contribution in [0.5, 0.6) is 0 Å². The lowest BCUT2D eigenvalue weighted by atomic mass is 10.2. The molecule has 0 aliphatic rings. The molecule has 2 heterocycles. The van der Waals surface area contributed by atoms with Crippen LogP contribution in [-0.2, 0) is 0 Å². The smallest absolute Gasteiger partial charge is 0.0724 e. The average molecular weight is 272 g/mol. The lowest BCUT2D eigenvalue weighted by Gasteiger charge is -1.99. The Kier molecular flexibility index (Phi) is 3.13. The Bertz CT molecular complexity index is 702. The molecule has 0 amide bonds. The fourth-order valence-electron chi connectivity index (χ4n) is 1.75. The van der Waals surface area contributed by atoms with Gasteiger partial charge in [0.05, 0.1) is 11.2 Å². The van der Waals surface area contributed by atoms with Crippen molar-refractivity contribution in [2.75, 3.05) is 0 Å². The Labute approximate surface area is 114 Å². The van der Waals surface area contributed by atoms with Crippen LogP contribution in [0.3, 0.4) is 0 Å². The Morgan fingerprint density at radius 3 is 2.78 bits per heavy atom. The number of halogens is 1. The summed E-state index contributed by atoms with van der Waals surface area (Å²) in [5.41, 5.74) is 3.07. The third kappa shape index (κ3) is 2.45. The molecule has 1 aromatic carbocycles. The lowest BCUT2D eigenvalue weighted by molar-refractivity contribution is 1.37. The molecule has 0 spiro atoms. The van der Waals surface area contributed by atoms with Crippen LogP contribution in [0.15, 0.2) is 47.2 Å². The van der Waals surface area contributed by atoms with E-state index in [9.17, 15) is 0 Å². The molecule has 0 fully saturated rings. The number of pyridine rings is 1. The van der Waals surface area contributed by atoms with Crippen molar-refractivity contribution in [1.29, 1.82) is 0 Å². The van der Waals surface area contributed by atoms with Gasteiger partial charge in [0.25, 0.3) is 0 Å². The Morgan fingerprint density at radius 2 is 1.94 bits per heavy atom. The minimum absolute atomic E-state index is 0.717. The van der Waals surface area contributed by atoms with Crippen molar-refractivity contribution in [3.8, 4) is 0 Å². The van der Waals surface area contributed by atoms with Crippen LogP contribution < -0.4 is 0 Å². The predicted molar refractivity (Wildman–Crippen MR) is 80.0 cm³/mol. The minimum Gasteiger partial charge on any atom is -0.248 e. The van der Waals surface area contributed by atoms with Crippen LogP contribution in [0.2, 0.25) is 5.02 Å². The molecule has 0 saturated carbocycles. The summed E-state index contributed by atoms with van der Waals surface area (Å²) in [6, 6.07) is 11.9. The van der Waals surface area contributed by atoms with Crippen LogP contribution in [0, 0.1) is 0 Å². The standard InChI is InChI=1S/C15H10ClNS/c16-13-4-2-12-3-6-14(17-15(12)9-13)5-1-11-7-8-18-10-11/h1-10H/b5-1+. The van der Waals surface area contributed by atoms with E-state index < -0.39 is 0 Å². The van der Waals surface area contributed by atoms with Crippen LogP contribution in [0.4, 0.5) is 0 Å². The molecule has 3 heteroatoms. The van der Waals surface area contributed by atoms with Crippen molar-refractivity contribution in [3.63, 3.8) is 0 Å². The van der Waals surface area contributed by atoms with Crippen LogP contribution in [0.25, 0.3) is 23.1 Å². The summed E-state index contributed by atoms with van der Waals surface area (Å²) >= 11 is 7.66. The van der Waals surface area contributed by atoms with E-state index in [0.717, 1.165) is 16.6 Å². The van der Waals surface area contributed by atoms with E-state index in [0.29, 0.717) is 5.02 Å². The summed E-state index contributed by atoms with van der Waals surface area (Å²) in [4.78, 5) is 4.57. The van der Waals surface area contributed by atoms with Gasteiger partial charge in [-0.3, -0.25) is 0 Å². The number of fused-ring (bicyclic) bond motifs is 1. The molecule has 0 bridgehead atoms. The lowest BCUT2D eigenvalue weighted by Crippen LogP contribution is -1.82. The molecule has 0 saturated heterocycles. The van der Waals surface area contributed by atoms with Gasteiger partial charge in [-0.05, 0) is 46.7 Å². The van der Waals surface area contributed by atoms with E-state index in [-0.39, 0.29) is 0 Å². The molecule has 0 unspecified atom stereocenters. The first kappa shape index (κ1) is 11.5. The summed E-state index contributed by atoms with van der Waals surface area (Å²) in [5.74, 6) is 0. The summed E-state index contributed by atoms with van der Waals surface area (Å²) in [5, 5.41) is 5.99. The van der Waals surface area contributed by atoms with Gasteiger partial charge in [-0.2, -0.15) is 11.3 Å². The van der Waals surface area contributed by atoms with E-state index in [1.807, 2.05) is 30.3 Å². The predicted octanol–water partition coefficient (Wildman–Crippen LogP) is 5.12. The number of thiophene rings is 1. The number of hydrogen-bond donors (Lipinski definition) is 0. The number of hydrogen-bond acceptors (Lipinski definition) is 2. The Balaban J connectivity index is 1.98. The highest BCUT2D eigenvalue weighted by molar-refractivity contribution is 7.08. The van der Waals surface area contributed by atoms with E-state index in [1.54, 1.807) is 11.3 Å². The van der Waals surface area contributed by atoms with Gasteiger partial charge in [-0.15, -0.1) is 0 Å². The maximum absolute atomic E-state index is 5.97. The van der Waals surface area contributed by atoms with Gasteiger partial charge >= 0.3 is 0 Å². The first-order chi connectivity index (χ1) is 8.81. The molecule has 0 N–H and O–H groups in total. The second kappa shape index (κ2) is 4.92. The molecular weight excluding hydrogens is 262 g/mol. The molecular formula is C15H10ClNS. The maximum Gasteiger partial charge on any atom is 0.0724 e. The van der Waals surface area contributed by atoms with Gasteiger partial charge in [0, 0.05) is 10.4 Å². The van der Waals surface area contributed by atoms with Crippen molar-refractivity contribution in [2.24, 2.45) is 0 Å². The van der Waals surface area contributed by atoms with Crippen molar-refractivity contribution >= 4 is 46.0 Å². The molecule has 88 valence electrons. The SMILES string of the molecule is Clc1ccc2ccc(/C=C/c3ccsc3)nc2c1. The van der Waals surface area contributed by atoms with Gasteiger partial charge in [0.2, 0.25) is 0 Å². The zero-order valence-corrected chi connectivity index (χ0v) is 11.1. The Morgan fingerprint density at radius 1 is 1.06 bits per heavy atom. The summed E-state index contributed by atoms with van der Waals surface area (Å²) in [6.45, 7) is 0. The van der Waals surface area contributed by atoms with Crippen molar-refractivity contribution in [2.45, 2.75) is 0 Å². The van der Waals surface area contributed by atoms with E-state index in [1.165, 1.54) is 5.56 Å². The maximum atomic E-state index is 5.97. The molecule has 3 aromatic rings. The van der Waals surface area contributed by atoms with Crippen LogP contribution in [0.1, 0.15) is 11.3 Å². The summed E-state index contributed by atoms with van der Waals surface area (Å²) in [7, 11) is 0. The first-order valence-electron chi connectivity index (χ1n) is 5.58. The molecule has 0 atom stereocenters. The van der Waals surface area contributed by atoms with E-state index in [4.69, 9.17) is 11.6 Å². The third-order valence-corrected chi connectivity index (χ3v) is 3.60. The quantitative estimate of drug-likeness (QED) is 0.630. The largest absolute Gasteiger partial charge is 0.248 e. The second-order valence-electron chi connectivity index (χ2n) is 3.96. The number of aromatic nitrogens is 1. The highest BCUT2D eigenvalue weighted by atomic mass is 35.5. The molecule has 0 aliphatic carbocycles. The average Bonchev–Trinajstić information content (AvgIpc) is 2.89. The number of benzene rings is 1. The molecule has 3 rings (SSSR count). The number of nitrogens with zero attached hydrogens (tertiary/aromatic N) is 1. The fourth-order valence-corrected chi connectivity index (χ4v) is 2.55. The minimum atomic E-state index is 0.717. The molecule has 18 heavy (non-hydrogen) atoms. The molecule has 0 aliphatic heterocycles. The summed E-state index contributed by atoms with van der Waals surface area (Å²) in [6.07, 6.45) is 4.08. The highest BCUT2D eigenvalue weighted by Gasteiger charge is 1.97.